The van der Waals surface area contributed by atoms with Crippen LogP contribution in [0.3, 0.4) is 0 Å². The van der Waals surface area contributed by atoms with E-state index in [9.17, 15) is 9.90 Å². The van der Waals surface area contributed by atoms with E-state index < -0.39 is 0 Å². The van der Waals surface area contributed by atoms with Crippen LogP contribution in [0.15, 0.2) is 60.7 Å². The summed E-state index contributed by atoms with van der Waals surface area (Å²) in [7, 11) is 0. The third kappa shape index (κ3) is 3.00. The Hall–Kier alpha value is -2.88. The zero-order valence-electron chi connectivity index (χ0n) is 11.3. The van der Waals surface area contributed by atoms with Crippen LogP contribution in [-0.2, 0) is 11.2 Å². The highest BCUT2D eigenvalue weighted by molar-refractivity contribution is 5.93. The summed E-state index contributed by atoms with van der Waals surface area (Å²) in [6.07, 6.45) is 0.166. The number of aromatic hydroxyl groups is 1. The van der Waals surface area contributed by atoms with Gasteiger partial charge in [-0.3, -0.25) is 9.78 Å². The normalized spacial score (nSPS) is 10.5. The number of nitrogens with zero attached hydrogens (tertiary/aromatic N) is 1. The van der Waals surface area contributed by atoms with E-state index in [-0.39, 0.29) is 18.1 Å². The van der Waals surface area contributed by atoms with Gasteiger partial charge in [0.15, 0.2) is 0 Å². The van der Waals surface area contributed by atoms with Gasteiger partial charge in [0.2, 0.25) is 5.91 Å². The molecule has 0 bridgehead atoms. The molecule has 3 rings (SSSR count). The Morgan fingerprint density at radius 1 is 1.00 bits per heavy atom. The second kappa shape index (κ2) is 5.63. The third-order valence-corrected chi connectivity index (χ3v) is 3.18. The minimum absolute atomic E-state index is 0.0531. The van der Waals surface area contributed by atoms with Crippen LogP contribution in [0.1, 0.15) is 5.69 Å². The van der Waals surface area contributed by atoms with E-state index in [1.807, 2.05) is 36.4 Å². The number of pyridine rings is 1. The fourth-order valence-corrected chi connectivity index (χ4v) is 2.14. The molecule has 0 saturated heterocycles. The van der Waals surface area contributed by atoms with Gasteiger partial charge in [-0.1, -0.05) is 36.4 Å². The molecule has 2 aromatic carbocycles. The summed E-state index contributed by atoms with van der Waals surface area (Å²) in [6, 6.07) is 18.2. The van der Waals surface area contributed by atoms with Crippen LogP contribution in [0.25, 0.3) is 10.9 Å². The Labute approximate surface area is 122 Å². The first kappa shape index (κ1) is 13.1. The van der Waals surface area contributed by atoms with E-state index in [4.69, 9.17) is 0 Å². The van der Waals surface area contributed by atoms with E-state index in [0.717, 1.165) is 10.9 Å². The number of phenolic OH excluding ortho intramolecular Hbond substituents is 1. The van der Waals surface area contributed by atoms with Gasteiger partial charge >= 0.3 is 0 Å². The minimum Gasteiger partial charge on any atom is -0.506 e. The third-order valence-electron chi connectivity index (χ3n) is 3.18. The average Bonchev–Trinajstić information content (AvgIpc) is 2.49. The second-order valence-corrected chi connectivity index (χ2v) is 4.74. The summed E-state index contributed by atoms with van der Waals surface area (Å²) in [4.78, 5) is 16.5. The maximum Gasteiger partial charge on any atom is 0.230 e. The lowest BCUT2D eigenvalue weighted by Crippen LogP contribution is -2.15. The van der Waals surface area contributed by atoms with Crippen molar-refractivity contribution >= 4 is 22.5 Å². The number of benzene rings is 2. The molecule has 0 saturated carbocycles. The number of hydrogen-bond donors (Lipinski definition) is 2. The van der Waals surface area contributed by atoms with Crippen molar-refractivity contribution in [3.8, 4) is 5.75 Å². The molecule has 0 fully saturated rings. The molecule has 0 radical (unpaired) electrons. The maximum absolute atomic E-state index is 12.0. The van der Waals surface area contributed by atoms with Gasteiger partial charge in [-0.15, -0.1) is 0 Å². The highest BCUT2D eigenvalue weighted by atomic mass is 16.3. The zero-order valence-corrected chi connectivity index (χ0v) is 11.3. The molecule has 4 heteroatoms. The van der Waals surface area contributed by atoms with Gasteiger partial charge in [0.05, 0.1) is 23.3 Å². The van der Waals surface area contributed by atoms with E-state index in [1.54, 1.807) is 18.2 Å². The number of carbonyl (C=O) groups is 1. The lowest BCUT2D eigenvalue weighted by molar-refractivity contribution is -0.115. The lowest BCUT2D eigenvalue weighted by Gasteiger charge is -2.07. The Bertz CT molecular complexity index is 799. The van der Waals surface area contributed by atoms with Crippen molar-refractivity contribution < 1.29 is 9.90 Å². The fourth-order valence-electron chi connectivity index (χ4n) is 2.14. The van der Waals surface area contributed by atoms with E-state index in [2.05, 4.69) is 10.3 Å². The quantitative estimate of drug-likeness (QED) is 0.724. The largest absolute Gasteiger partial charge is 0.506 e. The van der Waals surface area contributed by atoms with Crippen molar-refractivity contribution in [3.63, 3.8) is 0 Å². The standard InChI is InChI=1S/C17H14N2O2/c20-16-8-4-3-7-15(16)19-17(21)11-13-10-9-12-5-1-2-6-14(12)18-13/h1-10,20H,11H2,(H,19,21). The molecule has 21 heavy (non-hydrogen) atoms. The number of hydrogen-bond acceptors (Lipinski definition) is 3. The highest BCUT2D eigenvalue weighted by Gasteiger charge is 2.08. The first-order valence-electron chi connectivity index (χ1n) is 6.65. The minimum atomic E-state index is -0.209. The number of rotatable bonds is 3. The Morgan fingerprint density at radius 3 is 2.62 bits per heavy atom. The van der Waals surface area contributed by atoms with Crippen molar-refractivity contribution in [2.75, 3.05) is 5.32 Å². The predicted molar refractivity (Wildman–Crippen MR) is 82.2 cm³/mol. The Morgan fingerprint density at radius 2 is 1.76 bits per heavy atom. The molecule has 3 aromatic rings. The summed E-state index contributed by atoms with van der Waals surface area (Å²) in [6.45, 7) is 0. The van der Waals surface area contributed by atoms with Gasteiger partial charge in [0, 0.05) is 5.39 Å². The molecule has 0 spiro atoms. The lowest BCUT2D eigenvalue weighted by atomic mass is 10.1. The zero-order chi connectivity index (χ0) is 14.7. The predicted octanol–water partition coefficient (Wildman–Crippen LogP) is 3.12. The first-order valence-corrected chi connectivity index (χ1v) is 6.65. The van der Waals surface area contributed by atoms with Crippen molar-refractivity contribution in [3.05, 3.63) is 66.4 Å². The topological polar surface area (TPSA) is 62.2 Å². The fraction of sp³-hybridized carbons (Fsp3) is 0.0588. The highest BCUT2D eigenvalue weighted by Crippen LogP contribution is 2.21. The molecule has 1 heterocycles. The number of carbonyl (C=O) groups excluding carboxylic acids is 1. The van der Waals surface area contributed by atoms with Gasteiger partial charge in [-0.25, -0.2) is 0 Å². The molecule has 0 unspecified atom stereocenters. The molecular formula is C17H14N2O2. The van der Waals surface area contributed by atoms with E-state index in [1.165, 1.54) is 6.07 Å². The number of amides is 1. The molecule has 1 aromatic heterocycles. The van der Waals surface area contributed by atoms with E-state index >= 15 is 0 Å². The van der Waals surface area contributed by atoms with Crippen LogP contribution >= 0.6 is 0 Å². The van der Waals surface area contributed by atoms with Crippen molar-refractivity contribution in [2.24, 2.45) is 0 Å². The summed E-state index contributed by atoms with van der Waals surface area (Å²) in [5, 5.41) is 13.4. The Balaban J connectivity index is 1.75. The molecule has 0 atom stereocenters. The molecule has 0 aliphatic heterocycles. The van der Waals surface area contributed by atoms with Crippen LogP contribution in [-0.4, -0.2) is 16.0 Å². The Kier molecular flexibility index (Phi) is 3.51. The number of fused-ring (bicyclic) bond motifs is 1. The van der Waals surface area contributed by atoms with Crippen LogP contribution in [0.5, 0.6) is 5.75 Å². The van der Waals surface area contributed by atoms with E-state index in [0.29, 0.717) is 11.4 Å². The summed E-state index contributed by atoms with van der Waals surface area (Å²) in [5.41, 5.74) is 1.97. The van der Waals surface area contributed by atoms with Crippen molar-refractivity contribution in [1.29, 1.82) is 0 Å². The molecule has 0 aliphatic carbocycles. The molecule has 2 N–H and O–H groups in total. The van der Waals surface area contributed by atoms with Gasteiger partial charge in [0.1, 0.15) is 5.75 Å². The van der Waals surface area contributed by atoms with Crippen molar-refractivity contribution in [1.82, 2.24) is 4.98 Å². The molecule has 1 amide bonds. The maximum atomic E-state index is 12.0. The molecule has 0 aliphatic rings. The summed E-state index contributed by atoms with van der Waals surface area (Å²) >= 11 is 0. The molecule has 104 valence electrons. The van der Waals surface area contributed by atoms with Crippen molar-refractivity contribution in [2.45, 2.75) is 6.42 Å². The monoisotopic (exact) mass is 278 g/mol. The number of nitrogens with one attached hydrogen (secondary N) is 1. The molecular weight excluding hydrogens is 264 g/mol. The average molecular weight is 278 g/mol. The van der Waals surface area contributed by atoms with Crippen LogP contribution in [0.2, 0.25) is 0 Å². The van der Waals surface area contributed by atoms with Crippen LogP contribution in [0, 0.1) is 0 Å². The smallest absolute Gasteiger partial charge is 0.230 e. The number of anilines is 1. The number of phenols is 1. The summed E-state index contributed by atoms with van der Waals surface area (Å²) < 4.78 is 0. The van der Waals surface area contributed by atoms with Crippen LogP contribution in [0.4, 0.5) is 5.69 Å². The van der Waals surface area contributed by atoms with Gasteiger partial charge in [-0.05, 0) is 24.3 Å². The SMILES string of the molecule is O=C(Cc1ccc2ccccc2n1)Nc1ccccc1O. The first-order chi connectivity index (χ1) is 10.2. The number of aromatic nitrogens is 1. The molecule has 4 nitrogen and oxygen atoms in total. The van der Waals surface area contributed by atoms with Crippen LogP contribution < -0.4 is 5.32 Å². The van der Waals surface area contributed by atoms with Gasteiger partial charge in [-0.2, -0.15) is 0 Å². The summed E-state index contributed by atoms with van der Waals surface area (Å²) in [5.74, 6) is -0.156. The number of para-hydroxylation sites is 3. The second-order valence-electron chi connectivity index (χ2n) is 4.74. The van der Waals surface area contributed by atoms with Gasteiger partial charge < -0.3 is 10.4 Å². The van der Waals surface area contributed by atoms with Gasteiger partial charge in [0.25, 0.3) is 0 Å².